The summed E-state index contributed by atoms with van der Waals surface area (Å²) in [6, 6.07) is 6.06. The van der Waals surface area contributed by atoms with Crippen LogP contribution in [0.4, 0.5) is 16.4 Å². The van der Waals surface area contributed by atoms with E-state index >= 15 is 0 Å². The molecule has 2 heterocycles. The average Bonchev–Trinajstić information content (AvgIpc) is 3.16. The van der Waals surface area contributed by atoms with Gasteiger partial charge in [0.15, 0.2) is 0 Å². The van der Waals surface area contributed by atoms with E-state index in [4.69, 9.17) is 14.6 Å². The Morgan fingerprint density at radius 3 is 2.68 bits per heavy atom. The Morgan fingerprint density at radius 1 is 1.32 bits per heavy atom. The van der Waals surface area contributed by atoms with Crippen LogP contribution >= 0.6 is 0 Å². The summed E-state index contributed by atoms with van der Waals surface area (Å²) in [6.45, 7) is 6.15. The molecule has 1 aliphatic rings. The molecule has 168 valence electrons. The average molecular weight is 450 g/mol. The number of nitrogens with one attached hydrogen (secondary N) is 2. The number of nitrogens with zero attached hydrogens (tertiary/aromatic N) is 2. The van der Waals surface area contributed by atoms with Crippen LogP contribution in [0.1, 0.15) is 45.3 Å². The third kappa shape index (κ3) is 6.36. The van der Waals surface area contributed by atoms with Crippen molar-refractivity contribution in [2.75, 3.05) is 11.9 Å². The minimum Gasteiger partial charge on any atom is -0.444 e. The van der Waals surface area contributed by atoms with Crippen LogP contribution in [0.15, 0.2) is 41.6 Å². The molecule has 0 radical (unpaired) electrons. The fraction of sp³-hybridized carbons (Fsp3) is 0.450. The normalized spacial score (nSPS) is 19.1. The van der Waals surface area contributed by atoms with E-state index in [-0.39, 0.29) is 22.6 Å². The maximum atomic E-state index is 12.1. The lowest BCUT2D eigenvalue weighted by molar-refractivity contribution is 0.0661. The smallest absolute Gasteiger partial charge is 0.407 e. The zero-order valence-electron chi connectivity index (χ0n) is 17.7. The van der Waals surface area contributed by atoms with Crippen molar-refractivity contribution in [3.05, 3.63) is 42.2 Å². The molecule has 1 amide bonds. The van der Waals surface area contributed by atoms with Gasteiger partial charge in [0, 0.05) is 35.6 Å². The number of anilines is 2. The number of benzene rings is 1. The van der Waals surface area contributed by atoms with Crippen LogP contribution in [-0.4, -0.2) is 42.7 Å². The minimum atomic E-state index is -3.80. The summed E-state index contributed by atoms with van der Waals surface area (Å²) in [5.74, 6) is 0.294. The SMILES string of the molecule is CCC(C)(C)NC(=O)OC1COC(c2cnc(Nc3cccc(S(N)(=O)=O)c3)nc2)C1. The van der Waals surface area contributed by atoms with Gasteiger partial charge in [0.2, 0.25) is 16.0 Å². The number of aromatic nitrogens is 2. The van der Waals surface area contributed by atoms with Crippen LogP contribution < -0.4 is 15.8 Å². The van der Waals surface area contributed by atoms with Gasteiger partial charge in [0.05, 0.1) is 17.6 Å². The van der Waals surface area contributed by atoms with Crippen LogP contribution in [0.3, 0.4) is 0 Å². The van der Waals surface area contributed by atoms with Gasteiger partial charge in [-0.05, 0) is 38.5 Å². The quantitative estimate of drug-likeness (QED) is 0.585. The van der Waals surface area contributed by atoms with E-state index < -0.39 is 16.1 Å². The Labute approximate surface area is 181 Å². The largest absolute Gasteiger partial charge is 0.444 e. The van der Waals surface area contributed by atoms with Crippen LogP contribution in [0.5, 0.6) is 0 Å². The fourth-order valence-corrected chi connectivity index (χ4v) is 3.47. The van der Waals surface area contributed by atoms with Crippen LogP contribution in [0.2, 0.25) is 0 Å². The number of alkyl carbamates (subject to hydrolysis) is 1. The summed E-state index contributed by atoms with van der Waals surface area (Å²) in [6.07, 6.45) is 3.44. The summed E-state index contributed by atoms with van der Waals surface area (Å²) >= 11 is 0. The zero-order valence-corrected chi connectivity index (χ0v) is 18.5. The first kappa shape index (κ1) is 22.9. The van der Waals surface area contributed by atoms with E-state index in [1.54, 1.807) is 24.5 Å². The summed E-state index contributed by atoms with van der Waals surface area (Å²) in [5.41, 5.74) is 0.913. The molecule has 1 fully saturated rings. The highest BCUT2D eigenvalue weighted by Gasteiger charge is 2.31. The van der Waals surface area contributed by atoms with Crippen LogP contribution in [0.25, 0.3) is 0 Å². The Morgan fingerprint density at radius 2 is 2.03 bits per heavy atom. The lowest BCUT2D eigenvalue weighted by Gasteiger charge is -2.24. The molecule has 11 heteroatoms. The molecular weight excluding hydrogens is 422 g/mol. The van der Waals surface area contributed by atoms with E-state index in [0.29, 0.717) is 24.7 Å². The Bertz CT molecular complexity index is 1030. The third-order valence-electron chi connectivity index (χ3n) is 5.02. The number of ether oxygens (including phenoxy) is 2. The summed E-state index contributed by atoms with van der Waals surface area (Å²) in [4.78, 5) is 20.6. The number of primary sulfonamides is 1. The zero-order chi connectivity index (χ0) is 22.6. The summed E-state index contributed by atoms with van der Waals surface area (Å²) in [5, 5.41) is 10.9. The second kappa shape index (κ2) is 9.16. The minimum absolute atomic E-state index is 0.00845. The standard InChI is InChI=1S/C20H27N5O5S/c1-4-20(2,3)25-19(26)30-15-9-17(29-12-15)13-10-22-18(23-11-13)24-14-6-5-7-16(8-14)31(21,27)28/h5-8,10-11,15,17H,4,9,12H2,1-3H3,(H,25,26)(H2,21,27,28)(H,22,23,24). The molecule has 1 aliphatic heterocycles. The first-order valence-electron chi connectivity index (χ1n) is 9.88. The predicted octanol–water partition coefficient (Wildman–Crippen LogP) is 2.61. The van der Waals surface area contributed by atoms with E-state index in [2.05, 4.69) is 20.6 Å². The number of amides is 1. The molecule has 2 unspecified atom stereocenters. The molecule has 2 aromatic rings. The highest BCUT2D eigenvalue weighted by Crippen LogP contribution is 2.30. The van der Waals surface area contributed by atoms with Gasteiger partial charge in [-0.1, -0.05) is 13.0 Å². The summed E-state index contributed by atoms with van der Waals surface area (Å²) < 4.78 is 34.1. The number of hydrogen-bond acceptors (Lipinski definition) is 8. The molecule has 1 saturated heterocycles. The van der Waals surface area contributed by atoms with Crippen molar-refractivity contribution in [3.63, 3.8) is 0 Å². The molecular formula is C20H27N5O5S. The topological polar surface area (TPSA) is 146 Å². The van der Waals surface area contributed by atoms with Gasteiger partial charge in [-0.15, -0.1) is 0 Å². The second-order valence-electron chi connectivity index (χ2n) is 7.99. The number of carbonyl (C=O) groups excluding carboxylic acids is 1. The molecule has 1 aromatic carbocycles. The number of rotatable bonds is 7. The molecule has 3 rings (SSSR count). The van der Waals surface area contributed by atoms with Crippen molar-refractivity contribution in [2.45, 2.75) is 56.3 Å². The van der Waals surface area contributed by atoms with E-state index in [0.717, 1.165) is 12.0 Å². The van der Waals surface area contributed by atoms with Gasteiger partial charge in [-0.2, -0.15) is 0 Å². The molecule has 0 saturated carbocycles. The fourth-order valence-electron chi connectivity index (χ4n) is 2.91. The Balaban J connectivity index is 1.57. The highest BCUT2D eigenvalue weighted by atomic mass is 32.2. The lowest BCUT2D eigenvalue weighted by Crippen LogP contribution is -2.44. The molecule has 31 heavy (non-hydrogen) atoms. The predicted molar refractivity (Wildman–Crippen MR) is 114 cm³/mol. The molecule has 4 N–H and O–H groups in total. The van der Waals surface area contributed by atoms with Crippen molar-refractivity contribution < 1.29 is 22.7 Å². The maximum absolute atomic E-state index is 12.1. The van der Waals surface area contributed by atoms with Crippen molar-refractivity contribution in [1.82, 2.24) is 15.3 Å². The van der Waals surface area contributed by atoms with Gasteiger partial charge in [0.25, 0.3) is 0 Å². The molecule has 2 atom stereocenters. The van der Waals surface area contributed by atoms with Crippen LogP contribution in [0, 0.1) is 0 Å². The van der Waals surface area contributed by atoms with E-state index in [9.17, 15) is 13.2 Å². The van der Waals surface area contributed by atoms with Crippen molar-refractivity contribution >= 4 is 27.8 Å². The van der Waals surface area contributed by atoms with Gasteiger partial charge >= 0.3 is 6.09 Å². The monoisotopic (exact) mass is 449 g/mol. The van der Waals surface area contributed by atoms with Gasteiger partial charge in [-0.3, -0.25) is 0 Å². The highest BCUT2D eigenvalue weighted by molar-refractivity contribution is 7.89. The molecule has 1 aromatic heterocycles. The van der Waals surface area contributed by atoms with Gasteiger partial charge in [0.1, 0.15) is 6.10 Å². The number of nitrogens with two attached hydrogens (primary N) is 1. The first-order valence-corrected chi connectivity index (χ1v) is 11.4. The van der Waals surface area contributed by atoms with Crippen LogP contribution in [-0.2, 0) is 19.5 Å². The number of sulfonamides is 1. The van der Waals surface area contributed by atoms with Gasteiger partial charge < -0.3 is 20.1 Å². The lowest BCUT2D eigenvalue weighted by atomic mass is 10.0. The second-order valence-corrected chi connectivity index (χ2v) is 9.55. The van der Waals surface area contributed by atoms with Crippen molar-refractivity contribution in [2.24, 2.45) is 5.14 Å². The number of carbonyl (C=O) groups is 1. The maximum Gasteiger partial charge on any atom is 0.407 e. The number of hydrogen-bond donors (Lipinski definition) is 3. The summed E-state index contributed by atoms with van der Waals surface area (Å²) in [7, 11) is -3.80. The van der Waals surface area contributed by atoms with Crippen molar-refractivity contribution in [1.29, 1.82) is 0 Å². The Hall–Kier alpha value is -2.76. The van der Waals surface area contributed by atoms with E-state index in [1.165, 1.54) is 12.1 Å². The Kier molecular flexibility index (Phi) is 6.77. The van der Waals surface area contributed by atoms with Gasteiger partial charge in [-0.25, -0.2) is 28.3 Å². The third-order valence-corrected chi connectivity index (χ3v) is 5.93. The molecule has 0 aliphatic carbocycles. The molecule has 10 nitrogen and oxygen atoms in total. The molecule has 0 spiro atoms. The van der Waals surface area contributed by atoms with Crippen molar-refractivity contribution in [3.8, 4) is 0 Å². The van der Waals surface area contributed by atoms with E-state index in [1.807, 2.05) is 20.8 Å². The molecule has 0 bridgehead atoms. The first-order chi connectivity index (χ1) is 14.6.